The summed E-state index contributed by atoms with van der Waals surface area (Å²) in [6.45, 7) is 8.35. The van der Waals surface area contributed by atoms with Crippen molar-refractivity contribution in [3.63, 3.8) is 0 Å². The number of benzene rings is 1. The van der Waals surface area contributed by atoms with Crippen molar-refractivity contribution in [2.24, 2.45) is 0 Å². The Balaban J connectivity index is 1.58. The summed E-state index contributed by atoms with van der Waals surface area (Å²) in [5.74, 6) is 1.81. The summed E-state index contributed by atoms with van der Waals surface area (Å²) in [5.41, 5.74) is 0.976. The zero-order valence-electron chi connectivity index (χ0n) is 15.1. The average Bonchev–Trinajstić information content (AvgIpc) is 2.68. The zero-order valence-corrected chi connectivity index (χ0v) is 15.1. The van der Waals surface area contributed by atoms with E-state index in [1.807, 2.05) is 18.2 Å². The van der Waals surface area contributed by atoms with Crippen molar-refractivity contribution in [1.82, 2.24) is 0 Å². The van der Waals surface area contributed by atoms with E-state index in [1.54, 1.807) is 13.2 Å². The van der Waals surface area contributed by atoms with Gasteiger partial charge in [-0.25, -0.2) is 0 Å². The Hall–Kier alpha value is -2.73. The van der Waals surface area contributed by atoms with Crippen LogP contribution >= 0.6 is 0 Å². The second kappa shape index (κ2) is 8.58. The quantitative estimate of drug-likeness (QED) is 0.753. The van der Waals surface area contributed by atoms with Crippen LogP contribution in [-0.4, -0.2) is 39.9 Å². The van der Waals surface area contributed by atoms with Gasteiger partial charge in [0, 0.05) is 6.07 Å². The Morgan fingerprint density at radius 3 is 2.73 bits per heavy atom. The molecule has 3 rings (SSSR count). The van der Waals surface area contributed by atoms with E-state index < -0.39 is 0 Å². The molecule has 1 fully saturated rings. The fraction of sp³-hybridized carbons (Fsp3) is 0.350. The van der Waals surface area contributed by atoms with E-state index in [4.69, 9.17) is 13.9 Å². The van der Waals surface area contributed by atoms with Gasteiger partial charge in [-0.3, -0.25) is 4.79 Å². The highest BCUT2D eigenvalue weighted by molar-refractivity contribution is 5.58. The van der Waals surface area contributed by atoms with Gasteiger partial charge in [-0.15, -0.1) is 0 Å². The molecule has 0 bridgehead atoms. The molecule has 0 unspecified atom stereocenters. The Morgan fingerprint density at radius 2 is 2.04 bits per heavy atom. The molecular formula is C20H25N2O4+. The molecular weight excluding hydrogens is 332 g/mol. The van der Waals surface area contributed by atoms with Crippen LogP contribution in [0, 0.1) is 0 Å². The molecule has 26 heavy (non-hydrogen) atoms. The summed E-state index contributed by atoms with van der Waals surface area (Å²) < 4.78 is 16.3. The van der Waals surface area contributed by atoms with E-state index in [0.29, 0.717) is 18.9 Å². The van der Waals surface area contributed by atoms with Crippen LogP contribution in [0.4, 0.5) is 5.69 Å². The fourth-order valence-corrected chi connectivity index (χ4v) is 3.16. The van der Waals surface area contributed by atoms with E-state index >= 15 is 0 Å². The molecule has 0 atom stereocenters. The second-order valence-corrected chi connectivity index (χ2v) is 6.26. The molecule has 1 N–H and O–H groups in total. The first-order chi connectivity index (χ1) is 12.7. The first-order valence-corrected chi connectivity index (χ1v) is 8.78. The molecule has 0 spiro atoms. The number of nitrogens with one attached hydrogen (secondary N) is 1. The number of nitrogens with zero attached hydrogens (tertiary/aromatic N) is 1. The topological polar surface area (TPSA) is 56.4 Å². The number of quaternary nitrogens is 1. The Labute approximate surface area is 153 Å². The maximum Gasteiger partial charge on any atom is 0.227 e. The van der Waals surface area contributed by atoms with Gasteiger partial charge in [0.25, 0.3) is 0 Å². The van der Waals surface area contributed by atoms with E-state index in [2.05, 4.69) is 17.5 Å². The summed E-state index contributed by atoms with van der Waals surface area (Å²) in [7, 11) is 1.70. The summed E-state index contributed by atoms with van der Waals surface area (Å²) in [6, 6.07) is 9.61. The van der Waals surface area contributed by atoms with Gasteiger partial charge in [-0.1, -0.05) is 24.8 Å². The van der Waals surface area contributed by atoms with Gasteiger partial charge in [0.1, 0.15) is 25.2 Å². The van der Waals surface area contributed by atoms with Gasteiger partial charge in [0.05, 0.1) is 39.0 Å². The van der Waals surface area contributed by atoms with E-state index in [9.17, 15) is 4.79 Å². The number of hydrogen-bond acceptors (Lipinski definition) is 5. The van der Waals surface area contributed by atoms with Crippen molar-refractivity contribution in [2.75, 3.05) is 44.8 Å². The molecule has 1 saturated heterocycles. The summed E-state index contributed by atoms with van der Waals surface area (Å²) in [4.78, 5) is 15.8. The molecule has 0 aliphatic carbocycles. The van der Waals surface area contributed by atoms with Crippen LogP contribution in [0.5, 0.6) is 11.5 Å². The highest BCUT2D eigenvalue weighted by atomic mass is 16.5. The smallest absolute Gasteiger partial charge is 0.227 e. The van der Waals surface area contributed by atoms with E-state index in [1.165, 1.54) is 17.2 Å². The lowest BCUT2D eigenvalue weighted by atomic mass is 10.2. The summed E-state index contributed by atoms with van der Waals surface area (Å²) in [5, 5.41) is 0. The molecule has 1 aromatic heterocycles. The van der Waals surface area contributed by atoms with Gasteiger partial charge in [-0.05, 0) is 12.1 Å². The van der Waals surface area contributed by atoms with Gasteiger partial charge >= 0.3 is 0 Å². The molecule has 0 amide bonds. The molecule has 138 valence electrons. The van der Waals surface area contributed by atoms with Crippen LogP contribution in [0.25, 0.3) is 0 Å². The normalized spacial score (nSPS) is 14.9. The van der Waals surface area contributed by atoms with Crippen molar-refractivity contribution in [2.45, 2.75) is 6.54 Å². The number of ether oxygens (including phenoxy) is 2. The Kier molecular flexibility index (Phi) is 5.96. The third-order valence-corrected chi connectivity index (χ3v) is 4.53. The van der Waals surface area contributed by atoms with Gasteiger partial charge in [-0.2, -0.15) is 0 Å². The molecule has 6 nitrogen and oxygen atoms in total. The van der Waals surface area contributed by atoms with Gasteiger partial charge in [0.15, 0.2) is 5.76 Å². The molecule has 6 heteroatoms. The third-order valence-electron chi connectivity index (χ3n) is 4.53. The van der Waals surface area contributed by atoms with E-state index in [-0.39, 0.29) is 11.2 Å². The zero-order chi connectivity index (χ0) is 18.4. The molecule has 1 aromatic carbocycles. The molecule has 1 aliphatic rings. The number of piperazine rings is 1. The van der Waals surface area contributed by atoms with Crippen LogP contribution in [0.1, 0.15) is 5.76 Å². The molecule has 2 heterocycles. The lowest BCUT2D eigenvalue weighted by Crippen LogP contribution is -3.13. The molecule has 2 aromatic rings. The molecule has 1 aliphatic heterocycles. The number of para-hydroxylation sites is 2. The van der Waals surface area contributed by atoms with E-state index in [0.717, 1.165) is 37.6 Å². The maximum atomic E-state index is 12.0. The maximum absolute atomic E-state index is 12.0. The number of methoxy groups -OCH3 is 1. The minimum Gasteiger partial charge on any atom is -0.495 e. The standard InChI is InChI=1S/C20H24N2O4/c1-3-12-25-20-15-26-16(13-18(20)23)14-21-8-10-22(11-9-21)17-6-4-5-7-19(17)24-2/h3-7,13,15H,1,8-12,14H2,2H3/p+1. The van der Waals surface area contributed by atoms with Gasteiger partial charge < -0.3 is 23.7 Å². The highest BCUT2D eigenvalue weighted by Crippen LogP contribution is 2.27. The lowest BCUT2D eigenvalue weighted by molar-refractivity contribution is -0.915. The average molecular weight is 357 g/mol. The largest absolute Gasteiger partial charge is 0.495 e. The molecule has 0 saturated carbocycles. The van der Waals surface area contributed by atoms with Crippen molar-refractivity contribution < 1.29 is 18.8 Å². The van der Waals surface area contributed by atoms with Crippen molar-refractivity contribution >= 4 is 5.69 Å². The summed E-state index contributed by atoms with van der Waals surface area (Å²) >= 11 is 0. The monoisotopic (exact) mass is 357 g/mol. The lowest BCUT2D eigenvalue weighted by Gasteiger charge is -2.34. The first-order valence-electron chi connectivity index (χ1n) is 8.78. The van der Waals surface area contributed by atoms with Crippen LogP contribution < -0.4 is 24.7 Å². The minimum atomic E-state index is -0.153. The SMILES string of the molecule is C=CCOc1coc(C[NH+]2CCN(c3ccccc3OC)CC2)cc1=O. The Bertz CT molecular complexity index is 794. The number of anilines is 1. The first kappa shape index (κ1) is 18.1. The van der Waals surface area contributed by atoms with Crippen LogP contribution in [0.2, 0.25) is 0 Å². The minimum absolute atomic E-state index is 0.153. The number of rotatable bonds is 7. The second-order valence-electron chi connectivity index (χ2n) is 6.26. The van der Waals surface area contributed by atoms with Crippen LogP contribution in [0.15, 0.2) is 58.5 Å². The molecule has 0 radical (unpaired) electrons. The predicted molar refractivity (Wildman–Crippen MR) is 100 cm³/mol. The fourth-order valence-electron chi connectivity index (χ4n) is 3.16. The predicted octanol–water partition coefficient (Wildman–Crippen LogP) is 1.12. The van der Waals surface area contributed by atoms with Gasteiger partial charge in [0.2, 0.25) is 11.2 Å². The van der Waals surface area contributed by atoms with Crippen LogP contribution in [-0.2, 0) is 6.54 Å². The Morgan fingerprint density at radius 1 is 1.27 bits per heavy atom. The van der Waals surface area contributed by atoms with Crippen molar-refractivity contribution in [1.29, 1.82) is 0 Å². The van der Waals surface area contributed by atoms with Crippen molar-refractivity contribution in [3.8, 4) is 11.5 Å². The summed E-state index contributed by atoms with van der Waals surface area (Å²) in [6.07, 6.45) is 2.99. The third kappa shape index (κ3) is 4.26. The van der Waals surface area contributed by atoms with Crippen molar-refractivity contribution in [3.05, 3.63) is 65.2 Å². The number of hydrogen-bond donors (Lipinski definition) is 1. The van der Waals surface area contributed by atoms with Crippen LogP contribution in [0.3, 0.4) is 0 Å². The highest BCUT2D eigenvalue weighted by Gasteiger charge is 2.23.